The van der Waals surface area contributed by atoms with Gasteiger partial charge in [-0.05, 0) is 36.4 Å². The van der Waals surface area contributed by atoms with Crippen LogP contribution in [0, 0.1) is 5.82 Å². The van der Waals surface area contributed by atoms with Crippen molar-refractivity contribution in [2.75, 3.05) is 19.4 Å². The Morgan fingerprint density at radius 2 is 2.03 bits per heavy atom. The van der Waals surface area contributed by atoms with E-state index < -0.39 is 16.9 Å². The number of hydrogen-bond acceptors (Lipinski definition) is 6. The molecule has 4 aromatic rings. The highest BCUT2D eigenvalue weighted by Gasteiger charge is 2.20. The lowest BCUT2D eigenvalue weighted by Crippen LogP contribution is -2.27. The van der Waals surface area contributed by atoms with Crippen LogP contribution in [0.15, 0.2) is 55.0 Å². The summed E-state index contributed by atoms with van der Waals surface area (Å²) in [5.74, 6) is -0.255. The first-order valence-corrected chi connectivity index (χ1v) is 12.7. The molecule has 8 nitrogen and oxygen atoms in total. The summed E-state index contributed by atoms with van der Waals surface area (Å²) in [6, 6.07) is 10.4. The maximum absolute atomic E-state index is 13.6. The maximum Gasteiger partial charge on any atom is 0.300 e. The number of carbonyl (C=O) groups excluding carboxylic acids is 1. The number of halogens is 2. The largest absolute Gasteiger partial charge is 0.490 e. The Labute approximate surface area is 208 Å². The summed E-state index contributed by atoms with van der Waals surface area (Å²) in [4.78, 5) is 22.3. The summed E-state index contributed by atoms with van der Waals surface area (Å²) in [6.45, 7) is 2.23. The van der Waals surface area contributed by atoms with Crippen molar-refractivity contribution in [3.05, 3.63) is 82.8 Å². The molecular weight excluding hydrogens is 493 g/mol. The van der Waals surface area contributed by atoms with E-state index in [0.29, 0.717) is 37.0 Å². The zero-order valence-electron chi connectivity index (χ0n) is 18.7. The van der Waals surface area contributed by atoms with Crippen molar-refractivity contribution < 1.29 is 18.1 Å². The fourth-order valence-corrected chi connectivity index (χ4v) is 4.75. The van der Waals surface area contributed by atoms with Gasteiger partial charge in [0, 0.05) is 66.7 Å². The molecule has 35 heavy (non-hydrogen) atoms. The van der Waals surface area contributed by atoms with E-state index in [1.807, 2.05) is 29.0 Å². The summed E-state index contributed by atoms with van der Waals surface area (Å²) < 4.78 is 35.0. The molecule has 0 fully saturated rings. The molecule has 0 saturated carbocycles. The minimum atomic E-state index is -1.49. The van der Waals surface area contributed by atoms with E-state index in [2.05, 4.69) is 19.6 Å². The standard InChI is InChI=1S/C24H21ClFN5O3S/c1-35(33)29-24(32)23-27-11-15(12-28-23)13-30-6-7-34-22-17(14-30)9-19(10-20(22)25)31-5-4-16-8-18(26)2-3-21(16)31/h2-5,8-12H,6-7,13-14H2,1H3,(H,29,32). The molecule has 1 unspecified atom stereocenters. The third kappa shape index (κ3) is 5.04. The number of aromatic nitrogens is 3. The topological polar surface area (TPSA) is 89.4 Å². The number of carbonyl (C=O) groups is 1. The molecule has 0 bridgehead atoms. The number of nitrogens with zero attached hydrogens (tertiary/aromatic N) is 4. The number of fused-ring (bicyclic) bond motifs is 2. The zero-order valence-corrected chi connectivity index (χ0v) is 20.3. The molecule has 1 atom stereocenters. The molecule has 1 amide bonds. The normalized spacial score (nSPS) is 14.7. The van der Waals surface area contributed by atoms with Crippen LogP contribution < -0.4 is 9.46 Å². The molecule has 180 valence electrons. The second kappa shape index (κ2) is 9.73. The first kappa shape index (κ1) is 23.4. The summed E-state index contributed by atoms with van der Waals surface area (Å²) in [5, 5.41) is 1.31. The van der Waals surface area contributed by atoms with Crippen LogP contribution in [0.4, 0.5) is 4.39 Å². The summed E-state index contributed by atoms with van der Waals surface area (Å²) in [7, 11) is -1.49. The smallest absolute Gasteiger partial charge is 0.300 e. The number of benzene rings is 2. The summed E-state index contributed by atoms with van der Waals surface area (Å²) in [6.07, 6.45) is 6.42. The van der Waals surface area contributed by atoms with Crippen LogP contribution in [0.25, 0.3) is 16.6 Å². The SMILES string of the molecule is CS(=O)NC(=O)c1ncc(CN2CCOc3c(Cl)cc(-n4ccc5cc(F)ccc54)cc3C2)cn1. The van der Waals surface area contributed by atoms with Crippen LogP contribution in [0.1, 0.15) is 21.7 Å². The van der Waals surface area contributed by atoms with Crippen molar-refractivity contribution >= 4 is 39.4 Å². The lowest BCUT2D eigenvalue weighted by atomic mass is 10.1. The van der Waals surface area contributed by atoms with E-state index >= 15 is 0 Å². The maximum atomic E-state index is 13.6. The van der Waals surface area contributed by atoms with Gasteiger partial charge in [-0.2, -0.15) is 0 Å². The third-order valence-corrected chi connectivity index (χ3v) is 6.39. The van der Waals surface area contributed by atoms with E-state index in [1.54, 1.807) is 18.5 Å². The van der Waals surface area contributed by atoms with E-state index in [1.165, 1.54) is 18.4 Å². The Hall–Kier alpha value is -3.34. The van der Waals surface area contributed by atoms with Crippen LogP contribution in [0.5, 0.6) is 5.75 Å². The minimum Gasteiger partial charge on any atom is -0.490 e. The fourth-order valence-electron chi connectivity index (χ4n) is 4.11. The van der Waals surface area contributed by atoms with Gasteiger partial charge >= 0.3 is 5.91 Å². The van der Waals surface area contributed by atoms with Crippen LogP contribution in [0.3, 0.4) is 0 Å². The van der Waals surface area contributed by atoms with Crippen molar-refractivity contribution in [2.24, 2.45) is 0 Å². The van der Waals surface area contributed by atoms with Gasteiger partial charge < -0.3 is 9.30 Å². The average Bonchev–Trinajstić information content (AvgIpc) is 3.12. The lowest BCUT2D eigenvalue weighted by molar-refractivity contribution is 0.0973. The van der Waals surface area contributed by atoms with E-state index in [0.717, 1.165) is 27.7 Å². The van der Waals surface area contributed by atoms with Gasteiger partial charge in [0.25, 0.3) is 0 Å². The Balaban J connectivity index is 1.38. The second-order valence-electron chi connectivity index (χ2n) is 8.16. The molecule has 5 rings (SSSR count). The number of nitrogens with one attached hydrogen (secondary N) is 1. The van der Waals surface area contributed by atoms with Gasteiger partial charge in [-0.1, -0.05) is 11.6 Å². The van der Waals surface area contributed by atoms with Crippen LogP contribution in [-0.4, -0.2) is 49.0 Å². The summed E-state index contributed by atoms with van der Waals surface area (Å²) in [5.41, 5.74) is 3.48. The Bertz CT molecular complexity index is 1440. The first-order valence-electron chi connectivity index (χ1n) is 10.8. The lowest BCUT2D eigenvalue weighted by Gasteiger charge is -2.19. The van der Waals surface area contributed by atoms with Gasteiger partial charge in [0.1, 0.15) is 29.2 Å². The Kier molecular flexibility index (Phi) is 6.50. The van der Waals surface area contributed by atoms with E-state index in [-0.39, 0.29) is 11.6 Å². The van der Waals surface area contributed by atoms with Crippen LogP contribution in [0.2, 0.25) is 5.02 Å². The predicted molar refractivity (Wildman–Crippen MR) is 131 cm³/mol. The Morgan fingerprint density at radius 1 is 1.23 bits per heavy atom. The summed E-state index contributed by atoms with van der Waals surface area (Å²) >= 11 is 6.61. The van der Waals surface area contributed by atoms with Crippen molar-refractivity contribution in [3.8, 4) is 11.4 Å². The van der Waals surface area contributed by atoms with Crippen molar-refractivity contribution in [3.63, 3.8) is 0 Å². The molecule has 1 N–H and O–H groups in total. The molecule has 0 radical (unpaired) electrons. The molecule has 11 heteroatoms. The molecule has 1 aliphatic rings. The highest BCUT2D eigenvalue weighted by Crippen LogP contribution is 2.35. The zero-order chi connectivity index (χ0) is 24.5. The molecule has 0 aliphatic carbocycles. The fraction of sp³-hybridized carbons (Fsp3) is 0.208. The number of rotatable bonds is 5. The Morgan fingerprint density at radius 3 is 2.80 bits per heavy atom. The highest BCUT2D eigenvalue weighted by molar-refractivity contribution is 7.82. The molecule has 0 saturated heterocycles. The molecule has 2 aromatic carbocycles. The number of amides is 1. The third-order valence-electron chi connectivity index (χ3n) is 5.63. The van der Waals surface area contributed by atoms with Gasteiger partial charge in [-0.3, -0.25) is 14.4 Å². The van der Waals surface area contributed by atoms with Crippen LogP contribution in [-0.2, 0) is 24.1 Å². The molecular formula is C24H21ClFN5O3S. The monoisotopic (exact) mass is 513 g/mol. The number of ether oxygens (including phenoxy) is 1. The van der Waals surface area contributed by atoms with Gasteiger partial charge in [0.15, 0.2) is 0 Å². The van der Waals surface area contributed by atoms with Crippen molar-refractivity contribution in [1.82, 2.24) is 24.2 Å². The molecule has 3 heterocycles. The van der Waals surface area contributed by atoms with E-state index in [9.17, 15) is 13.4 Å². The van der Waals surface area contributed by atoms with E-state index in [4.69, 9.17) is 16.3 Å². The van der Waals surface area contributed by atoms with Gasteiger partial charge in [0.2, 0.25) is 5.82 Å². The van der Waals surface area contributed by atoms with Crippen molar-refractivity contribution in [1.29, 1.82) is 0 Å². The molecule has 0 spiro atoms. The van der Waals surface area contributed by atoms with Gasteiger partial charge in [-0.25, -0.2) is 18.6 Å². The van der Waals surface area contributed by atoms with Crippen LogP contribution >= 0.6 is 11.6 Å². The quantitative estimate of drug-likeness (QED) is 0.438. The number of hydrogen-bond donors (Lipinski definition) is 1. The van der Waals surface area contributed by atoms with Gasteiger partial charge in [-0.15, -0.1) is 0 Å². The molecule has 2 aromatic heterocycles. The average molecular weight is 514 g/mol. The van der Waals surface area contributed by atoms with Gasteiger partial charge in [0.05, 0.1) is 10.5 Å². The highest BCUT2D eigenvalue weighted by atomic mass is 35.5. The van der Waals surface area contributed by atoms with Crippen molar-refractivity contribution in [2.45, 2.75) is 13.1 Å². The molecule has 1 aliphatic heterocycles. The second-order valence-corrected chi connectivity index (χ2v) is 9.68. The predicted octanol–water partition coefficient (Wildman–Crippen LogP) is 3.63. The minimum absolute atomic E-state index is 0.0382. The first-order chi connectivity index (χ1) is 16.9.